The molecule has 1 aliphatic rings. The van der Waals surface area contributed by atoms with Crippen molar-refractivity contribution in [3.8, 4) is 0 Å². The molecule has 0 unspecified atom stereocenters. The minimum Gasteiger partial charge on any atom is -0.465 e. The maximum Gasteiger partial charge on any atom is 0.339 e. The molecule has 0 fully saturated rings. The molecule has 9 heteroatoms. The number of rotatable bonds is 5. The van der Waals surface area contributed by atoms with Crippen molar-refractivity contribution in [2.45, 2.75) is 4.21 Å². The van der Waals surface area contributed by atoms with Crippen LogP contribution in [0.3, 0.4) is 0 Å². The average Bonchev–Trinajstić information content (AvgIpc) is 3.33. The fourth-order valence-corrected chi connectivity index (χ4v) is 5.07. The van der Waals surface area contributed by atoms with Crippen molar-refractivity contribution in [2.75, 3.05) is 12.4 Å². The number of nitrogens with zero attached hydrogens (tertiary/aromatic N) is 1. The molecule has 0 spiro atoms. The van der Waals surface area contributed by atoms with E-state index in [0.717, 1.165) is 11.3 Å². The Morgan fingerprint density at radius 2 is 1.71 bits per heavy atom. The summed E-state index contributed by atoms with van der Waals surface area (Å²) in [6, 6.07) is 16.3. The third kappa shape index (κ3) is 4.05. The van der Waals surface area contributed by atoms with Crippen LogP contribution >= 0.6 is 11.3 Å². The average molecular weight is 453 g/mol. The number of methoxy groups -OCH3 is 1. The Labute approximate surface area is 182 Å². The quantitative estimate of drug-likeness (QED) is 0.589. The van der Waals surface area contributed by atoms with E-state index in [1.165, 1.54) is 19.3 Å². The van der Waals surface area contributed by atoms with Gasteiger partial charge in [0.25, 0.3) is 10.0 Å². The lowest BCUT2D eigenvalue weighted by Gasteiger charge is -2.19. The molecule has 156 valence electrons. The molecule has 1 aliphatic carbocycles. The number of para-hydroxylation sites is 1. The highest BCUT2D eigenvalue weighted by Crippen LogP contribution is 2.27. The van der Waals surface area contributed by atoms with Crippen LogP contribution in [0.2, 0.25) is 0 Å². The van der Waals surface area contributed by atoms with Gasteiger partial charge >= 0.3 is 5.97 Å². The third-order valence-corrected chi connectivity index (χ3v) is 7.21. The summed E-state index contributed by atoms with van der Waals surface area (Å²) in [4.78, 5) is 25.1. The summed E-state index contributed by atoms with van der Waals surface area (Å²) in [5.41, 5.74) is 1.54. The van der Waals surface area contributed by atoms with Crippen LogP contribution in [0.5, 0.6) is 0 Å². The van der Waals surface area contributed by atoms with Crippen LogP contribution in [0, 0.1) is 0 Å². The van der Waals surface area contributed by atoms with Crippen molar-refractivity contribution in [1.82, 2.24) is 0 Å². The summed E-state index contributed by atoms with van der Waals surface area (Å²) in [6.45, 7) is 0. The van der Waals surface area contributed by atoms with Gasteiger partial charge in [0.1, 0.15) is 4.21 Å². The van der Waals surface area contributed by atoms with Gasteiger partial charge in [0, 0.05) is 11.1 Å². The van der Waals surface area contributed by atoms with E-state index >= 15 is 0 Å². The number of carbonyl (C=O) groups is 2. The number of carbonyl (C=O) groups excluding carboxylic acids is 2. The number of ketones is 1. The lowest BCUT2D eigenvalue weighted by Crippen LogP contribution is -2.23. The van der Waals surface area contributed by atoms with Crippen LogP contribution in [0.25, 0.3) is 0 Å². The SMILES string of the molecule is COC(=O)c1ccccc1NC1=C/C(=N\S(=O)(=O)c2cccs2)c2ccccc2C1=O. The molecule has 3 aromatic rings. The number of benzene rings is 2. The first kappa shape index (κ1) is 20.7. The van der Waals surface area contributed by atoms with Crippen molar-refractivity contribution in [2.24, 2.45) is 4.40 Å². The summed E-state index contributed by atoms with van der Waals surface area (Å²) in [7, 11) is -2.69. The maximum atomic E-state index is 13.1. The monoisotopic (exact) mass is 452 g/mol. The predicted octanol–water partition coefficient (Wildman–Crippen LogP) is 3.91. The molecule has 0 aliphatic heterocycles. The molecule has 0 radical (unpaired) electrons. The first-order valence-electron chi connectivity index (χ1n) is 9.09. The summed E-state index contributed by atoms with van der Waals surface area (Å²) < 4.78 is 34.3. The number of ether oxygens (including phenoxy) is 1. The van der Waals surface area contributed by atoms with E-state index in [0.29, 0.717) is 16.8 Å². The number of sulfonamides is 1. The molecule has 1 heterocycles. The van der Waals surface area contributed by atoms with E-state index in [1.54, 1.807) is 60.0 Å². The van der Waals surface area contributed by atoms with E-state index in [-0.39, 0.29) is 27.0 Å². The highest BCUT2D eigenvalue weighted by Gasteiger charge is 2.27. The number of esters is 1. The van der Waals surface area contributed by atoms with Gasteiger partial charge in [-0.25, -0.2) is 4.79 Å². The van der Waals surface area contributed by atoms with Gasteiger partial charge in [-0.2, -0.15) is 12.8 Å². The normalized spacial score (nSPS) is 14.7. The zero-order chi connectivity index (χ0) is 22.0. The molecule has 0 atom stereocenters. The number of anilines is 1. The summed E-state index contributed by atoms with van der Waals surface area (Å²) in [5, 5.41) is 4.59. The van der Waals surface area contributed by atoms with Gasteiger partial charge < -0.3 is 10.1 Å². The minimum absolute atomic E-state index is 0.0928. The van der Waals surface area contributed by atoms with E-state index in [4.69, 9.17) is 4.74 Å². The van der Waals surface area contributed by atoms with E-state index < -0.39 is 16.0 Å². The van der Waals surface area contributed by atoms with Gasteiger partial charge in [0.15, 0.2) is 0 Å². The van der Waals surface area contributed by atoms with Gasteiger partial charge in [0.05, 0.1) is 29.8 Å². The first-order valence-corrected chi connectivity index (χ1v) is 11.4. The summed E-state index contributed by atoms with van der Waals surface area (Å²) >= 11 is 1.06. The number of fused-ring (bicyclic) bond motifs is 1. The molecule has 31 heavy (non-hydrogen) atoms. The molecule has 0 amide bonds. The molecule has 1 aromatic heterocycles. The molecule has 4 rings (SSSR count). The summed E-state index contributed by atoms with van der Waals surface area (Å²) in [6.07, 6.45) is 1.38. The second kappa shape index (κ2) is 8.29. The number of hydrogen-bond acceptors (Lipinski definition) is 7. The van der Waals surface area contributed by atoms with Crippen LogP contribution in [0.4, 0.5) is 5.69 Å². The van der Waals surface area contributed by atoms with Crippen molar-refractivity contribution >= 4 is 44.5 Å². The number of hydrogen-bond donors (Lipinski definition) is 1. The van der Waals surface area contributed by atoms with Crippen molar-refractivity contribution in [3.05, 3.63) is 94.5 Å². The van der Waals surface area contributed by atoms with Crippen molar-refractivity contribution in [3.63, 3.8) is 0 Å². The lowest BCUT2D eigenvalue weighted by molar-refractivity contribution is 0.0601. The standard InChI is InChI=1S/C22H16N2O5S2/c1-29-22(26)16-9-4-5-10-17(16)23-19-13-18(14-7-2-3-8-15(14)21(19)25)24-31(27,28)20-11-6-12-30-20/h2-13,23H,1H3/b24-18+. The van der Waals surface area contributed by atoms with Crippen molar-refractivity contribution in [1.29, 1.82) is 0 Å². The molecule has 0 bridgehead atoms. The van der Waals surface area contributed by atoms with Crippen LogP contribution in [0.1, 0.15) is 26.3 Å². The Morgan fingerprint density at radius 1 is 1.00 bits per heavy atom. The lowest BCUT2D eigenvalue weighted by atomic mass is 9.92. The fraction of sp³-hybridized carbons (Fsp3) is 0.0455. The van der Waals surface area contributed by atoms with Gasteiger partial charge in [-0.15, -0.1) is 11.3 Å². The first-order chi connectivity index (χ1) is 14.9. The van der Waals surface area contributed by atoms with Gasteiger partial charge in [0.2, 0.25) is 5.78 Å². The molecule has 0 saturated heterocycles. The number of nitrogens with one attached hydrogen (secondary N) is 1. The van der Waals surface area contributed by atoms with E-state index in [2.05, 4.69) is 9.71 Å². The Balaban J connectivity index is 1.82. The van der Waals surface area contributed by atoms with Crippen LogP contribution in [0.15, 0.2) is 86.4 Å². The molecular formula is C22H16N2O5S2. The predicted molar refractivity (Wildman–Crippen MR) is 118 cm³/mol. The molecular weight excluding hydrogens is 436 g/mol. The fourth-order valence-electron chi connectivity index (χ4n) is 3.11. The van der Waals surface area contributed by atoms with Crippen LogP contribution in [-0.2, 0) is 14.8 Å². The van der Waals surface area contributed by atoms with Gasteiger partial charge in [-0.05, 0) is 29.7 Å². The smallest absolute Gasteiger partial charge is 0.339 e. The second-order valence-electron chi connectivity index (χ2n) is 6.48. The molecule has 0 saturated carbocycles. The Hall–Kier alpha value is -3.56. The zero-order valence-corrected chi connectivity index (χ0v) is 17.9. The maximum absolute atomic E-state index is 13.1. The number of allylic oxidation sites excluding steroid dienone is 2. The van der Waals surface area contributed by atoms with E-state index in [9.17, 15) is 18.0 Å². The number of Topliss-reactive ketones (excluding diaryl/α,β-unsaturated/α-hetero) is 1. The topological polar surface area (TPSA) is 102 Å². The van der Waals surface area contributed by atoms with Gasteiger partial charge in [-0.1, -0.05) is 42.5 Å². The van der Waals surface area contributed by atoms with Crippen LogP contribution < -0.4 is 5.32 Å². The van der Waals surface area contributed by atoms with Crippen LogP contribution in [-0.4, -0.2) is 33.0 Å². The van der Waals surface area contributed by atoms with E-state index in [1.807, 2.05) is 0 Å². The van der Waals surface area contributed by atoms with Crippen molar-refractivity contribution < 1.29 is 22.7 Å². The molecule has 7 nitrogen and oxygen atoms in total. The molecule has 1 N–H and O–H groups in total. The summed E-state index contributed by atoms with van der Waals surface area (Å²) in [5.74, 6) is -0.913. The highest BCUT2D eigenvalue weighted by atomic mass is 32.2. The zero-order valence-electron chi connectivity index (χ0n) is 16.2. The number of thiophene rings is 1. The third-order valence-electron chi connectivity index (χ3n) is 4.54. The Kier molecular flexibility index (Phi) is 5.53. The second-order valence-corrected chi connectivity index (χ2v) is 9.26. The Morgan fingerprint density at radius 3 is 2.42 bits per heavy atom. The Bertz CT molecular complexity index is 1340. The van der Waals surface area contributed by atoms with Gasteiger partial charge in [-0.3, -0.25) is 4.79 Å². The molecule has 2 aromatic carbocycles. The minimum atomic E-state index is -3.95. The largest absolute Gasteiger partial charge is 0.465 e. The highest BCUT2D eigenvalue weighted by molar-refractivity contribution is 7.92.